The molecule has 1 aromatic carbocycles. The van der Waals surface area contributed by atoms with Gasteiger partial charge >= 0.3 is 0 Å². The Morgan fingerprint density at radius 1 is 1.31 bits per heavy atom. The topological polar surface area (TPSA) is 85.3 Å². The summed E-state index contributed by atoms with van der Waals surface area (Å²) in [6, 6.07) is 9.15. The van der Waals surface area contributed by atoms with Gasteiger partial charge in [-0.2, -0.15) is 5.10 Å². The normalized spacial score (nSPS) is 16.4. The fourth-order valence-electron chi connectivity index (χ4n) is 2.97. The molecule has 2 heterocycles. The summed E-state index contributed by atoms with van der Waals surface area (Å²) in [5.41, 5.74) is 1.54. The lowest BCUT2D eigenvalue weighted by Crippen LogP contribution is -2.28. The van der Waals surface area contributed by atoms with Crippen LogP contribution in [0.15, 0.2) is 36.5 Å². The lowest BCUT2D eigenvalue weighted by Gasteiger charge is -2.12. The minimum atomic E-state index is -0.165. The zero-order chi connectivity index (χ0) is 18.4. The van der Waals surface area contributed by atoms with Crippen molar-refractivity contribution >= 4 is 17.6 Å². The van der Waals surface area contributed by atoms with E-state index in [4.69, 9.17) is 4.74 Å². The van der Waals surface area contributed by atoms with E-state index in [1.54, 1.807) is 23.0 Å². The number of carbonyl (C=O) groups excluding carboxylic acids is 2. The number of nitrogens with zero attached hydrogens (tertiary/aromatic N) is 2. The van der Waals surface area contributed by atoms with Gasteiger partial charge in [-0.1, -0.05) is 18.2 Å². The van der Waals surface area contributed by atoms with Crippen LogP contribution < -0.4 is 10.6 Å². The first-order valence-electron chi connectivity index (χ1n) is 8.86. The van der Waals surface area contributed by atoms with E-state index < -0.39 is 0 Å². The molecule has 0 radical (unpaired) electrons. The molecule has 2 aromatic rings. The predicted octanol–water partition coefficient (Wildman–Crippen LogP) is 1.99. The summed E-state index contributed by atoms with van der Waals surface area (Å²) in [7, 11) is 0. The first-order valence-corrected chi connectivity index (χ1v) is 8.86. The van der Waals surface area contributed by atoms with Gasteiger partial charge in [0.05, 0.1) is 12.8 Å². The van der Waals surface area contributed by atoms with Gasteiger partial charge in [0.2, 0.25) is 5.91 Å². The highest BCUT2D eigenvalue weighted by molar-refractivity contribution is 5.96. The molecule has 0 saturated carbocycles. The third kappa shape index (κ3) is 4.70. The Kier molecular flexibility index (Phi) is 6.01. The molecule has 1 atom stereocenters. The van der Waals surface area contributed by atoms with E-state index in [9.17, 15) is 9.59 Å². The van der Waals surface area contributed by atoms with E-state index in [1.165, 1.54) is 0 Å². The van der Waals surface area contributed by atoms with Gasteiger partial charge in [0.25, 0.3) is 5.91 Å². The number of hydrogen-bond acceptors (Lipinski definition) is 4. The first kappa shape index (κ1) is 18.1. The van der Waals surface area contributed by atoms with Gasteiger partial charge in [0.1, 0.15) is 5.82 Å². The molecule has 138 valence electrons. The lowest BCUT2D eigenvalue weighted by atomic mass is 10.1. The van der Waals surface area contributed by atoms with Crippen LogP contribution in [0, 0.1) is 12.8 Å². The van der Waals surface area contributed by atoms with Crippen LogP contribution in [-0.2, 0) is 16.1 Å². The molecule has 0 bridgehead atoms. The van der Waals surface area contributed by atoms with Crippen molar-refractivity contribution in [2.45, 2.75) is 26.3 Å². The summed E-state index contributed by atoms with van der Waals surface area (Å²) in [4.78, 5) is 24.3. The third-order valence-electron chi connectivity index (χ3n) is 4.47. The Hall–Kier alpha value is -2.67. The number of hydrogen-bond donors (Lipinski definition) is 2. The molecule has 0 aliphatic carbocycles. The highest BCUT2D eigenvalue weighted by atomic mass is 16.5. The van der Waals surface area contributed by atoms with Gasteiger partial charge in [-0.25, -0.2) is 4.68 Å². The van der Waals surface area contributed by atoms with Crippen molar-refractivity contribution in [3.05, 3.63) is 47.7 Å². The van der Waals surface area contributed by atoms with Crippen LogP contribution in [0.4, 0.5) is 5.82 Å². The SMILES string of the molecule is Cc1ccccc1C(=O)NCCC(=O)Nc1ccnn1CC1CCOC1. The van der Waals surface area contributed by atoms with Crippen molar-refractivity contribution in [2.75, 3.05) is 25.1 Å². The highest BCUT2D eigenvalue weighted by Crippen LogP contribution is 2.17. The number of benzene rings is 1. The minimum Gasteiger partial charge on any atom is -0.381 e. The van der Waals surface area contributed by atoms with Gasteiger partial charge in [-0.05, 0) is 25.0 Å². The van der Waals surface area contributed by atoms with Crippen molar-refractivity contribution in [1.29, 1.82) is 0 Å². The molecule has 1 unspecified atom stereocenters. The van der Waals surface area contributed by atoms with E-state index in [1.807, 2.05) is 25.1 Å². The van der Waals surface area contributed by atoms with E-state index >= 15 is 0 Å². The average Bonchev–Trinajstić information content (AvgIpc) is 3.28. The smallest absolute Gasteiger partial charge is 0.251 e. The fraction of sp³-hybridized carbons (Fsp3) is 0.421. The van der Waals surface area contributed by atoms with Gasteiger partial charge in [-0.15, -0.1) is 0 Å². The number of amides is 2. The highest BCUT2D eigenvalue weighted by Gasteiger charge is 2.18. The van der Waals surface area contributed by atoms with Crippen molar-refractivity contribution in [3.63, 3.8) is 0 Å². The number of anilines is 1. The molecular weight excluding hydrogens is 332 g/mol. The molecule has 0 spiro atoms. The van der Waals surface area contributed by atoms with Crippen molar-refractivity contribution in [2.24, 2.45) is 5.92 Å². The van der Waals surface area contributed by atoms with Crippen LogP contribution >= 0.6 is 0 Å². The van der Waals surface area contributed by atoms with Crippen molar-refractivity contribution in [1.82, 2.24) is 15.1 Å². The molecular formula is C19H24N4O3. The monoisotopic (exact) mass is 356 g/mol. The maximum atomic E-state index is 12.2. The van der Waals surface area contributed by atoms with Crippen molar-refractivity contribution in [3.8, 4) is 0 Å². The quantitative estimate of drug-likeness (QED) is 0.794. The molecule has 1 saturated heterocycles. The number of aryl methyl sites for hydroxylation is 1. The van der Waals surface area contributed by atoms with E-state index in [0.717, 1.165) is 31.7 Å². The summed E-state index contributed by atoms with van der Waals surface area (Å²) in [6.07, 6.45) is 2.89. The standard InChI is InChI=1S/C19H24N4O3/c1-14-4-2-3-5-16(14)19(25)20-9-7-18(24)22-17-6-10-21-23(17)12-15-8-11-26-13-15/h2-6,10,15H,7-9,11-13H2,1H3,(H,20,25)(H,22,24). The number of ether oxygens (including phenoxy) is 1. The summed E-state index contributed by atoms with van der Waals surface area (Å²) in [5, 5.41) is 9.91. The van der Waals surface area contributed by atoms with Crippen LogP contribution in [-0.4, -0.2) is 41.4 Å². The first-order chi connectivity index (χ1) is 12.6. The molecule has 1 aliphatic rings. The zero-order valence-corrected chi connectivity index (χ0v) is 14.9. The Balaban J connectivity index is 1.45. The van der Waals surface area contributed by atoms with Gasteiger partial charge in [0, 0.05) is 43.7 Å². The van der Waals surface area contributed by atoms with Crippen LogP contribution in [0.1, 0.15) is 28.8 Å². The van der Waals surface area contributed by atoms with Gasteiger partial charge < -0.3 is 15.4 Å². The second-order valence-electron chi connectivity index (χ2n) is 6.50. The molecule has 3 rings (SSSR count). The minimum absolute atomic E-state index is 0.153. The molecule has 26 heavy (non-hydrogen) atoms. The predicted molar refractivity (Wildman–Crippen MR) is 97.9 cm³/mol. The molecule has 7 nitrogen and oxygen atoms in total. The number of aromatic nitrogens is 2. The van der Waals surface area contributed by atoms with E-state index in [-0.39, 0.29) is 24.8 Å². The second-order valence-corrected chi connectivity index (χ2v) is 6.50. The Morgan fingerprint density at radius 2 is 2.15 bits per heavy atom. The maximum absolute atomic E-state index is 12.2. The van der Waals surface area contributed by atoms with Gasteiger partial charge in [0.15, 0.2) is 0 Å². The molecule has 1 fully saturated rings. The number of rotatable bonds is 7. The summed E-state index contributed by atoms with van der Waals surface area (Å²) >= 11 is 0. The summed E-state index contributed by atoms with van der Waals surface area (Å²) in [6.45, 7) is 4.42. The second kappa shape index (κ2) is 8.62. The van der Waals surface area contributed by atoms with E-state index in [2.05, 4.69) is 15.7 Å². The van der Waals surface area contributed by atoms with Crippen LogP contribution in [0.3, 0.4) is 0 Å². The van der Waals surface area contributed by atoms with Crippen LogP contribution in [0.25, 0.3) is 0 Å². The van der Waals surface area contributed by atoms with Gasteiger partial charge in [-0.3, -0.25) is 9.59 Å². The zero-order valence-electron chi connectivity index (χ0n) is 14.9. The molecule has 7 heteroatoms. The number of nitrogens with one attached hydrogen (secondary N) is 2. The Morgan fingerprint density at radius 3 is 2.92 bits per heavy atom. The van der Waals surface area contributed by atoms with Crippen LogP contribution in [0.2, 0.25) is 0 Å². The molecule has 2 amide bonds. The number of carbonyl (C=O) groups is 2. The average molecular weight is 356 g/mol. The molecule has 1 aromatic heterocycles. The lowest BCUT2D eigenvalue weighted by molar-refractivity contribution is -0.116. The largest absolute Gasteiger partial charge is 0.381 e. The summed E-state index contributed by atoms with van der Waals surface area (Å²) in [5.74, 6) is 0.785. The molecule has 1 aliphatic heterocycles. The van der Waals surface area contributed by atoms with Crippen molar-refractivity contribution < 1.29 is 14.3 Å². The van der Waals surface area contributed by atoms with E-state index in [0.29, 0.717) is 17.3 Å². The third-order valence-corrected chi connectivity index (χ3v) is 4.47. The maximum Gasteiger partial charge on any atom is 0.251 e. The summed E-state index contributed by atoms with van der Waals surface area (Å²) < 4.78 is 7.17. The Labute approximate surface area is 152 Å². The fourth-order valence-corrected chi connectivity index (χ4v) is 2.97. The van der Waals surface area contributed by atoms with Crippen LogP contribution in [0.5, 0.6) is 0 Å². The Bertz CT molecular complexity index is 766. The molecule has 2 N–H and O–H groups in total.